The smallest absolute Gasteiger partial charge is 0.119 e. The van der Waals surface area contributed by atoms with Gasteiger partial charge in [0.25, 0.3) is 0 Å². The Hall–Kier alpha value is -2.01. The first kappa shape index (κ1) is 13.9. The average molecular weight is 286 g/mol. The number of benzene rings is 1. The predicted molar refractivity (Wildman–Crippen MR) is 83.7 cm³/mol. The van der Waals surface area contributed by atoms with E-state index in [2.05, 4.69) is 38.8 Å². The molecule has 0 radical (unpaired) electrons. The number of piperazine rings is 1. The van der Waals surface area contributed by atoms with Crippen LogP contribution in [0.4, 0.5) is 5.69 Å². The largest absolute Gasteiger partial charge is 0.497 e. The zero-order chi connectivity index (χ0) is 14.7. The maximum atomic E-state index is 5.22. The Balaban J connectivity index is 1.61. The summed E-state index contributed by atoms with van der Waals surface area (Å²) in [7, 11) is 1.70. The SMILES string of the molecule is COc1ccc(N2CCN(Cc3cnc[nH]3)[C@H](C)C2)cc1. The molecule has 0 aliphatic carbocycles. The maximum Gasteiger partial charge on any atom is 0.119 e. The van der Waals surface area contributed by atoms with Gasteiger partial charge in [0.05, 0.1) is 13.4 Å². The van der Waals surface area contributed by atoms with Crippen molar-refractivity contribution in [1.29, 1.82) is 0 Å². The van der Waals surface area contributed by atoms with E-state index in [4.69, 9.17) is 4.74 Å². The highest BCUT2D eigenvalue weighted by Gasteiger charge is 2.24. The van der Waals surface area contributed by atoms with Gasteiger partial charge in [-0.05, 0) is 31.2 Å². The Morgan fingerprint density at radius 1 is 1.29 bits per heavy atom. The Bertz CT molecular complexity index is 552. The number of anilines is 1. The van der Waals surface area contributed by atoms with Crippen LogP contribution in [0.2, 0.25) is 0 Å². The van der Waals surface area contributed by atoms with Crippen LogP contribution in [-0.4, -0.2) is 47.7 Å². The number of aromatic nitrogens is 2. The molecule has 1 aromatic heterocycles. The van der Waals surface area contributed by atoms with E-state index in [-0.39, 0.29) is 0 Å². The summed E-state index contributed by atoms with van der Waals surface area (Å²) in [5.74, 6) is 0.907. The van der Waals surface area contributed by atoms with Gasteiger partial charge in [0.2, 0.25) is 0 Å². The summed E-state index contributed by atoms with van der Waals surface area (Å²) in [6.07, 6.45) is 3.65. The van der Waals surface area contributed by atoms with Crippen LogP contribution in [0.3, 0.4) is 0 Å². The van der Waals surface area contributed by atoms with Crippen molar-refractivity contribution in [3.8, 4) is 5.75 Å². The van der Waals surface area contributed by atoms with Crippen LogP contribution in [-0.2, 0) is 6.54 Å². The van der Waals surface area contributed by atoms with Crippen LogP contribution in [0.5, 0.6) is 5.75 Å². The highest BCUT2D eigenvalue weighted by Crippen LogP contribution is 2.22. The van der Waals surface area contributed by atoms with Gasteiger partial charge in [0.1, 0.15) is 5.75 Å². The minimum absolute atomic E-state index is 0.518. The molecule has 1 fully saturated rings. The first-order chi connectivity index (χ1) is 10.3. The molecule has 0 amide bonds. The molecular weight excluding hydrogens is 264 g/mol. The van der Waals surface area contributed by atoms with Gasteiger partial charge in [-0.2, -0.15) is 0 Å². The maximum absolute atomic E-state index is 5.22. The molecule has 3 rings (SSSR count). The number of nitrogens with one attached hydrogen (secondary N) is 1. The number of imidazole rings is 1. The third-order valence-corrected chi connectivity index (χ3v) is 4.13. The summed E-state index contributed by atoms with van der Waals surface area (Å²) in [6, 6.07) is 8.84. The summed E-state index contributed by atoms with van der Waals surface area (Å²) in [4.78, 5) is 12.2. The summed E-state index contributed by atoms with van der Waals surface area (Å²) >= 11 is 0. The minimum atomic E-state index is 0.518. The fourth-order valence-electron chi connectivity index (χ4n) is 2.85. The average Bonchev–Trinajstić information content (AvgIpc) is 3.02. The third-order valence-electron chi connectivity index (χ3n) is 4.13. The lowest BCUT2D eigenvalue weighted by atomic mass is 10.1. The molecule has 1 aliphatic heterocycles. The van der Waals surface area contributed by atoms with Gasteiger partial charge in [0, 0.05) is 49.8 Å². The molecule has 1 N–H and O–H groups in total. The summed E-state index contributed by atoms with van der Waals surface area (Å²) in [5, 5.41) is 0. The topological polar surface area (TPSA) is 44.4 Å². The molecule has 1 atom stereocenters. The molecule has 2 heterocycles. The van der Waals surface area contributed by atoms with Gasteiger partial charge in [-0.15, -0.1) is 0 Å². The van der Waals surface area contributed by atoms with Crippen LogP contribution in [0.25, 0.3) is 0 Å². The van der Waals surface area contributed by atoms with Gasteiger partial charge < -0.3 is 14.6 Å². The van der Waals surface area contributed by atoms with Crippen molar-refractivity contribution in [3.63, 3.8) is 0 Å². The van der Waals surface area contributed by atoms with Crippen molar-refractivity contribution in [2.45, 2.75) is 19.5 Å². The van der Waals surface area contributed by atoms with Crippen LogP contribution in [0.15, 0.2) is 36.8 Å². The van der Waals surface area contributed by atoms with Crippen molar-refractivity contribution >= 4 is 5.69 Å². The molecular formula is C16H22N4O. The van der Waals surface area contributed by atoms with Crippen LogP contribution >= 0.6 is 0 Å². The lowest BCUT2D eigenvalue weighted by Gasteiger charge is -2.40. The number of hydrogen-bond donors (Lipinski definition) is 1. The minimum Gasteiger partial charge on any atom is -0.497 e. The second-order valence-electron chi connectivity index (χ2n) is 5.54. The number of ether oxygens (including phenoxy) is 1. The lowest BCUT2D eigenvalue weighted by molar-refractivity contribution is 0.179. The fraction of sp³-hybridized carbons (Fsp3) is 0.438. The van der Waals surface area contributed by atoms with Crippen LogP contribution < -0.4 is 9.64 Å². The zero-order valence-corrected chi connectivity index (χ0v) is 12.6. The third kappa shape index (κ3) is 3.19. The van der Waals surface area contributed by atoms with E-state index in [9.17, 15) is 0 Å². The first-order valence-electron chi connectivity index (χ1n) is 7.36. The molecule has 0 saturated carbocycles. The van der Waals surface area contributed by atoms with Crippen LogP contribution in [0.1, 0.15) is 12.6 Å². The van der Waals surface area contributed by atoms with Gasteiger partial charge in [-0.3, -0.25) is 4.90 Å². The number of H-pyrrole nitrogens is 1. The normalized spacial score (nSPS) is 19.7. The van der Waals surface area contributed by atoms with Crippen molar-refractivity contribution in [2.24, 2.45) is 0 Å². The number of rotatable bonds is 4. The fourth-order valence-corrected chi connectivity index (χ4v) is 2.85. The monoisotopic (exact) mass is 286 g/mol. The van der Waals surface area contributed by atoms with Crippen LogP contribution in [0, 0.1) is 0 Å². The summed E-state index contributed by atoms with van der Waals surface area (Å²) < 4.78 is 5.22. The molecule has 5 heteroatoms. The molecule has 1 aromatic carbocycles. The Morgan fingerprint density at radius 2 is 2.10 bits per heavy atom. The van der Waals surface area contributed by atoms with Crippen molar-refractivity contribution < 1.29 is 4.74 Å². The second-order valence-corrected chi connectivity index (χ2v) is 5.54. The predicted octanol–water partition coefficient (Wildman–Crippen LogP) is 2.13. The Labute approximate surface area is 125 Å². The van der Waals surface area contributed by atoms with E-state index in [1.165, 1.54) is 11.4 Å². The first-order valence-corrected chi connectivity index (χ1v) is 7.36. The van der Waals surface area contributed by atoms with Gasteiger partial charge in [0.15, 0.2) is 0 Å². The summed E-state index contributed by atoms with van der Waals surface area (Å²) in [6.45, 7) is 6.38. The number of aromatic amines is 1. The highest BCUT2D eigenvalue weighted by molar-refractivity contribution is 5.49. The summed E-state index contributed by atoms with van der Waals surface area (Å²) in [5.41, 5.74) is 2.45. The van der Waals surface area contributed by atoms with E-state index in [1.807, 2.05) is 18.3 Å². The van der Waals surface area contributed by atoms with Gasteiger partial charge >= 0.3 is 0 Å². The molecule has 21 heavy (non-hydrogen) atoms. The molecule has 0 bridgehead atoms. The van der Waals surface area contributed by atoms with E-state index >= 15 is 0 Å². The molecule has 1 aliphatic rings. The molecule has 1 saturated heterocycles. The van der Waals surface area contributed by atoms with E-state index in [0.717, 1.165) is 31.9 Å². The molecule has 2 aromatic rings. The lowest BCUT2D eigenvalue weighted by Crippen LogP contribution is -2.51. The standard InChI is InChI=1S/C16H22N4O/c1-13-10-20(15-3-5-16(21-2)6-4-15)8-7-19(13)11-14-9-17-12-18-14/h3-6,9,12-13H,7-8,10-11H2,1-2H3,(H,17,18)/t13-/m1/s1. The van der Waals surface area contributed by atoms with Gasteiger partial charge in [-0.1, -0.05) is 0 Å². The zero-order valence-electron chi connectivity index (χ0n) is 12.6. The number of nitrogens with zero attached hydrogens (tertiary/aromatic N) is 3. The van der Waals surface area contributed by atoms with E-state index < -0.39 is 0 Å². The molecule has 5 nitrogen and oxygen atoms in total. The number of hydrogen-bond acceptors (Lipinski definition) is 4. The van der Waals surface area contributed by atoms with E-state index in [1.54, 1.807) is 13.4 Å². The highest BCUT2D eigenvalue weighted by atomic mass is 16.5. The van der Waals surface area contributed by atoms with Crippen molar-refractivity contribution in [1.82, 2.24) is 14.9 Å². The number of methoxy groups -OCH3 is 1. The Kier molecular flexibility index (Phi) is 4.10. The Morgan fingerprint density at radius 3 is 2.71 bits per heavy atom. The second kappa shape index (κ2) is 6.18. The van der Waals surface area contributed by atoms with Crippen molar-refractivity contribution in [2.75, 3.05) is 31.6 Å². The van der Waals surface area contributed by atoms with Gasteiger partial charge in [-0.25, -0.2) is 4.98 Å². The molecule has 0 unspecified atom stereocenters. The molecule has 112 valence electrons. The van der Waals surface area contributed by atoms with Crippen molar-refractivity contribution in [3.05, 3.63) is 42.5 Å². The molecule has 0 spiro atoms. The quantitative estimate of drug-likeness (QED) is 0.935. The van der Waals surface area contributed by atoms with E-state index in [0.29, 0.717) is 6.04 Å².